The number of aromatic nitrogens is 4. The van der Waals surface area contributed by atoms with Crippen LogP contribution in [-0.2, 0) is 0 Å². The molecule has 0 atom stereocenters. The molecule has 0 bridgehead atoms. The van der Waals surface area contributed by atoms with Gasteiger partial charge in [0.1, 0.15) is 22.9 Å². The van der Waals surface area contributed by atoms with Crippen LogP contribution >= 0.6 is 11.8 Å². The molecule has 0 fully saturated rings. The average Bonchev–Trinajstić information content (AvgIpc) is 3.19. The normalized spacial score (nSPS) is 10.6. The van der Waals surface area contributed by atoms with Crippen molar-refractivity contribution in [2.75, 3.05) is 27.1 Å². The first-order valence-electron chi connectivity index (χ1n) is 8.38. The van der Waals surface area contributed by atoms with Gasteiger partial charge in [0.15, 0.2) is 5.78 Å². The summed E-state index contributed by atoms with van der Waals surface area (Å²) < 4.78 is 17.4. The molecule has 0 aliphatic rings. The van der Waals surface area contributed by atoms with Gasteiger partial charge in [-0.15, -0.1) is 5.10 Å². The number of tetrazole rings is 1. The molecule has 0 spiro atoms. The molecule has 0 amide bonds. The van der Waals surface area contributed by atoms with E-state index in [1.54, 1.807) is 37.1 Å². The number of hydrogen-bond donors (Lipinski definition) is 0. The molecule has 3 aromatic rings. The first-order valence-corrected chi connectivity index (χ1v) is 9.37. The second kappa shape index (κ2) is 8.75. The van der Waals surface area contributed by atoms with E-state index in [0.717, 1.165) is 5.56 Å². The van der Waals surface area contributed by atoms with Crippen molar-refractivity contribution in [2.45, 2.75) is 12.1 Å². The quantitative estimate of drug-likeness (QED) is 0.421. The number of rotatable bonds is 8. The summed E-state index contributed by atoms with van der Waals surface area (Å²) in [5.74, 6) is 1.77. The van der Waals surface area contributed by atoms with E-state index >= 15 is 0 Å². The van der Waals surface area contributed by atoms with E-state index in [0.29, 0.717) is 33.7 Å². The highest BCUT2D eigenvalue weighted by atomic mass is 32.2. The molecule has 1 heterocycles. The van der Waals surface area contributed by atoms with Gasteiger partial charge in [0.2, 0.25) is 5.16 Å². The molecule has 1 aromatic heterocycles. The number of ether oxygens (including phenoxy) is 3. The SMILES string of the molecule is COc1ccc(C(=O)CSc2nnnn2-c2cc(C)ccc2OC)c(OC)c1. The second-order valence-electron chi connectivity index (χ2n) is 5.83. The molecule has 28 heavy (non-hydrogen) atoms. The Morgan fingerprint density at radius 1 is 1.04 bits per heavy atom. The van der Waals surface area contributed by atoms with Gasteiger partial charge in [0, 0.05) is 6.07 Å². The first-order chi connectivity index (χ1) is 13.6. The summed E-state index contributed by atoms with van der Waals surface area (Å²) in [7, 11) is 4.67. The third kappa shape index (κ3) is 4.09. The summed E-state index contributed by atoms with van der Waals surface area (Å²) in [5.41, 5.74) is 2.23. The lowest BCUT2D eigenvalue weighted by Gasteiger charge is -2.11. The number of aryl methyl sites for hydroxylation is 1. The van der Waals surface area contributed by atoms with Crippen LogP contribution in [0.3, 0.4) is 0 Å². The number of nitrogens with zero attached hydrogens (tertiary/aromatic N) is 4. The molecule has 3 rings (SSSR count). The van der Waals surface area contributed by atoms with Crippen LogP contribution in [0.5, 0.6) is 17.2 Å². The van der Waals surface area contributed by atoms with Crippen LogP contribution in [0.2, 0.25) is 0 Å². The Balaban J connectivity index is 1.81. The van der Waals surface area contributed by atoms with Gasteiger partial charge in [-0.25, -0.2) is 0 Å². The molecule has 0 saturated carbocycles. The predicted octanol–water partition coefficient (Wildman–Crippen LogP) is 2.97. The Hall–Kier alpha value is -3.07. The van der Waals surface area contributed by atoms with Crippen molar-refractivity contribution >= 4 is 17.5 Å². The third-order valence-electron chi connectivity index (χ3n) is 4.04. The summed E-state index contributed by atoms with van der Waals surface area (Å²) in [4.78, 5) is 12.7. The fourth-order valence-corrected chi connectivity index (χ4v) is 3.39. The van der Waals surface area contributed by atoms with E-state index in [2.05, 4.69) is 15.5 Å². The highest BCUT2D eigenvalue weighted by Gasteiger charge is 2.18. The lowest BCUT2D eigenvalue weighted by molar-refractivity contribution is 0.101. The maximum absolute atomic E-state index is 12.7. The van der Waals surface area contributed by atoms with E-state index < -0.39 is 0 Å². The Morgan fingerprint density at radius 3 is 2.54 bits per heavy atom. The van der Waals surface area contributed by atoms with Crippen molar-refractivity contribution in [2.24, 2.45) is 0 Å². The number of hydrogen-bond acceptors (Lipinski definition) is 8. The predicted molar refractivity (Wildman–Crippen MR) is 105 cm³/mol. The van der Waals surface area contributed by atoms with Crippen LogP contribution in [0.15, 0.2) is 41.6 Å². The molecule has 0 radical (unpaired) electrons. The molecular formula is C19H20N4O4S. The number of methoxy groups -OCH3 is 3. The minimum atomic E-state index is -0.102. The van der Waals surface area contributed by atoms with Crippen LogP contribution in [0.4, 0.5) is 0 Å². The van der Waals surface area contributed by atoms with Gasteiger partial charge in [-0.2, -0.15) is 4.68 Å². The average molecular weight is 400 g/mol. The number of thioether (sulfide) groups is 1. The highest BCUT2D eigenvalue weighted by Crippen LogP contribution is 2.29. The largest absolute Gasteiger partial charge is 0.497 e. The van der Waals surface area contributed by atoms with Crippen LogP contribution in [0, 0.1) is 6.92 Å². The van der Waals surface area contributed by atoms with Gasteiger partial charge in [0.05, 0.1) is 32.6 Å². The minimum Gasteiger partial charge on any atom is -0.497 e. The molecular weight excluding hydrogens is 380 g/mol. The van der Waals surface area contributed by atoms with Crippen molar-refractivity contribution in [1.82, 2.24) is 20.2 Å². The summed E-state index contributed by atoms with van der Waals surface area (Å²) in [6.45, 7) is 1.97. The van der Waals surface area contributed by atoms with Gasteiger partial charge in [0.25, 0.3) is 0 Å². The summed E-state index contributed by atoms with van der Waals surface area (Å²) in [5, 5.41) is 12.3. The molecule has 9 heteroatoms. The minimum absolute atomic E-state index is 0.102. The fourth-order valence-electron chi connectivity index (χ4n) is 2.62. The molecule has 2 aromatic carbocycles. The Kier molecular flexibility index (Phi) is 6.15. The first kappa shape index (κ1) is 19.7. The maximum atomic E-state index is 12.7. The second-order valence-corrected chi connectivity index (χ2v) is 6.77. The van der Waals surface area contributed by atoms with E-state index in [9.17, 15) is 4.79 Å². The van der Waals surface area contributed by atoms with E-state index in [-0.39, 0.29) is 11.5 Å². The number of Topliss-reactive ketones (excluding diaryl/α,β-unsaturated/α-hetero) is 1. The van der Waals surface area contributed by atoms with Crippen LogP contribution in [0.25, 0.3) is 5.69 Å². The number of benzene rings is 2. The lowest BCUT2D eigenvalue weighted by atomic mass is 10.1. The van der Waals surface area contributed by atoms with Crippen LogP contribution < -0.4 is 14.2 Å². The van der Waals surface area contributed by atoms with E-state index in [1.807, 2.05) is 25.1 Å². The molecule has 8 nitrogen and oxygen atoms in total. The maximum Gasteiger partial charge on any atom is 0.214 e. The number of carbonyl (C=O) groups excluding carboxylic acids is 1. The molecule has 0 unspecified atom stereocenters. The van der Waals surface area contributed by atoms with Crippen LogP contribution in [0.1, 0.15) is 15.9 Å². The van der Waals surface area contributed by atoms with E-state index in [4.69, 9.17) is 14.2 Å². The summed E-state index contributed by atoms with van der Waals surface area (Å²) in [6, 6.07) is 10.8. The smallest absolute Gasteiger partial charge is 0.214 e. The molecule has 146 valence electrons. The third-order valence-corrected chi connectivity index (χ3v) is 4.96. The topological polar surface area (TPSA) is 88.4 Å². The van der Waals surface area contributed by atoms with Gasteiger partial charge in [-0.1, -0.05) is 17.8 Å². The number of carbonyl (C=O) groups is 1. The van der Waals surface area contributed by atoms with Gasteiger partial charge in [-0.05, 0) is 47.2 Å². The number of ketones is 1. The monoisotopic (exact) mass is 400 g/mol. The zero-order chi connectivity index (χ0) is 20.1. The van der Waals surface area contributed by atoms with Crippen LogP contribution in [-0.4, -0.2) is 53.1 Å². The molecule has 0 aliphatic heterocycles. The zero-order valence-corrected chi connectivity index (χ0v) is 16.8. The Labute approximate surface area is 166 Å². The zero-order valence-electron chi connectivity index (χ0n) is 16.0. The standard InChI is InChI=1S/C19H20N4O4S/c1-12-5-8-17(26-3)15(9-12)23-19(20-21-22-23)28-11-16(24)14-7-6-13(25-2)10-18(14)27-4/h5-10H,11H2,1-4H3. The van der Waals surface area contributed by atoms with Gasteiger partial charge >= 0.3 is 0 Å². The van der Waals surface area contributed by atoms with Gasteiger partial charge < -0.3 is 14.2 Å². The van der Waals surface area contributed by atoms with Crippen molar-refractivity contribution in [3.05, 3.63) is 47.5 Å². The molecule has 0 aliphatic carbocycles. The highest BCUT2D eigenvalue weighted by molar-refractivity contribution is 7.99. The Morgan fingerprint density at radius 2 is 1.82 bits per heavy atom. The Bertz CT molecular complexity index is 990. The van der Waals surface area contributed by atoms with Crippen molar-refractivity contribution in [3.8, 4) is 22.9 Å². The molecule has 0 saturated heterocycles. The lowest BCUT2D eigenvalue weighted by Crippen LogP contribution is -2.07. The van der Waals surface area contributed by atoms with Crippen molar-refractivity contribution in [3.63, 3.8) is 0 Å². The summed E-state index contributed by atoms with van der Waals surface area (Å²) in [6.07, 6.45) is 0. The van der Waals surface area contributed by atoms with E-state index in [1.165, 1.54) is 18.9 Å². The summed E-state index contributed by atoms with van der Waals surface area (Å²) >= 11 is 1.24. The van der Waals surface area contributed by atoms with Crippen molar-refractivity contribution < 1.29 is 19.0 Å². The van der Waals surface area contributed by atoms with Crippen molar-refractivity contribution in [1.29, 1.82) is 0 Å². The fraction of sp³-hybridized carbons (Fsp3) is 0.263. The van der Waals surface area contributed by atoms with Gasteiger partial charge in [-0.3, -0.25) is 4.79 Å². The molecule has 0 N–H and O–H groups in total.